The molecule has 0 saturated carbocycles. The third kappa shape index (κ3) is 10.7. The maximum absolute atomic E-state index is 5.95. The number of methoxy groups -OCH3 is 1. The Kier molecular flexibility index (Phi) is 14.2. The third-order valence-corrected chi connectivity index (χ3v) is 9.51. The van der Waals surface area contributed by atoms with Crippen LogP contribution >= 0.6 is 0 Å². The highest BCUT2D eigenvalue weighted by Gasteiger charge is 2.17. The lowest BCUT2D eigenvalue weighted by Crippen LogP contribution is -2.16. The van der Waals surface area contributed by atoms with Crippen molar-refractivity contribution in [3.63, 3.8) is 0 Å². The van der Waals surface area contributed by atoms with Gasteiger partial charge in [0.2, 0.25) is 0 Å². The summed E-state index contributed by atoms with van der Waals surface area (Å²) in [6, 6.07) is 50.3. The fourth-order valence-electron chi connectivity index (χ4n) is 6.56. The van der Waals surface area contributed by atoms with Crippen molar-refractivity contribution in [2.75, 3.05) is 30.1 Å². The van der Waals surface area contributed by atoms with E-state index in [1.807, 2.05) is 71.0 Å². The molecule has 6 rings (SSSR count). The van der Waals surface area contributed by atoms with Crippen LogP contribution in [0, 0.1) is 0 Å². The Morgan fingerprint density at radius 3 is 0.947 bits per heavy atom. The number of ether oxygens (including phenoxy) is 6. The molecule has 0 amide bonds. The molecule has 8 heteroatoms. The summed E-state index contributed by atoms with van der Waals surface area (Å²) in [5, 5.41) is 0. The van der Waals surface area contributed by atoms with E-state index in [-0.39, 0.29) is 18.9 Å². The van der Waals surface area contributed by atoms with E-state index in [1.165, 1.54) is 5.56 Å². The van der Waals surface area contributed by atoms with Crippen molar-refractivity contribution in [3.8, 4) is 28.4 Å². The van der Waals surface area contributed by atoms with Gasteiger partial charge < -0.3 is 38.2 Å². The number of nitrogens with zero attached hydrogens (tertiary/aromatic N) is 2. The molecule has 0 aliphatic heterocycles. The molecule has 296 valence electrons. The van der Waals surface area contributed by atoms with Gasteiger partial charge >= 0.3 is 0 Å². The molecule has 0 heterocycles. The van der Waals surface area contributed by atoms with Gasteiger partial charge in [0.25, 0.3) is 0 Å². The molecule has 3 unspecified atom stereocenters. The van der Waals surface area contributed by atoms with Gasteiger partial charge in [-0.2, -0.15) is 0 Å². The van der Waals surface area contributed by atoms with Crippen LogP contribution in [0.1, 0.15) is 47.1 Å². The monoisotopic (exact) mass is 766 g/mol. The van der Waals surface area contributed by atoms with E-state index in [9.17, 15) is 0 Å². The Balaban J connectivity index is 1.27. The number of hydrogen-bond acceptors (Lipinski definition) is 8. The summed E-state index contributed by atoms with van der Waals surface area (Å²) in [6.07, 6.45) is -0.0163. The van der Waals surface area contributed by atoms with E-state index >= 15 is 0 Å². The van der Waals surface area contributed by atoms with Gasteiger partial charge in [0.15, 0.2) is 18.9 Å². The second-order valence-corrected chi connectivity index (χ2v) is 13.5. The van der Waals surface area contributed by atoms with Gasteiger partial charge in [-0.3, -0.25) is 0 Å². The lowest BCUT2D eigenvalue weighted by atomic mass is 10.0. The molecule has 3 atom stereocenters. The molecule has 57 heavy (non-hydrogen) atoms. The highest BCUT2D eigenvalue weighted by molar-refractivity contribution is 5.81. The van der Waals surface area contributed by atoms with Crippen LogP contribution in [0.4, 0.5) is 34.1 Å². The molecular weight excluding hydrogens is 713 g/mol. The first-order valence-electron chi connectivity index (χ1n) is 19.7. The predicted molar refractivity (Wildman–Crippen MR) is 231 cm³/mol. The molecular formula is C49H54N2O6. The Labute approximate surface area is 338 Å². The first kappa shape index (κ1) is 40.9. The maximum Gasteiger partial charge on any atom is 0.196 e. The summed E-state index contributed by atoms with van der Waals surface area (Å²) >= 11 is 0. The molecule has 0 bridgehead atoms. The van der Waals surface area contributed by atoms with E-state index in [1.54, 1.807) is 7.11 Å². The lowest BCUT2D eigenvalue weighted by molar-refractivity contribution is -0.0616. The van der Waals surface area contributed by atoms with Crippen molar-refractivity contribution in [1.82, 2.24) is 0 Å². The Bertz CT molecular complexity index is 2090. The van der Waals surface area contributed by atoms with Crippen LogP contribution in [0.25, 0.3) is 11.1 Å². The summed E-state index contributed by atoms with van der Waals surface area (Å²) in [4.78, 5) is 4.47. The van der Waals surface area contributed by atoms with Crippen molar-refractivity contribution in [2.45, 2.75) is 66.8 Å². The van der Waals surface area contributed by atoms with Crippen LogP contribution in [0.2, 0.25) is 0 Å². The maximum atomic E-state index is 5.95. The Morgan fingerprint density at radius 1 is 0.386 bits per heavy atom. The Morgan fingerprint density at radius 2 is 0.667 bits per heavy atom. The first-order valence-corrected chi connectivity index (χ1v) is 19.7. The number of rotatable bonds is 19. The topological polar surface area (TPSA) is 61.9 Å². The van der Waals surface area contributed by atoms with Crippen LogP contribution in [0.3, 0.4) is 0 Å². The van der Waals surface area contributed by atoms with Crippen LogP contribution in [0.15, 0.2) is 146 Å². The minimum Gasteiger partial charge on any atom is -0.465 e. The molecule has 8 nitrogen and oxygen atoms in total. The summed E-state index contributed by atoms with van der Waals surface area (Å²) in [5.74, 6) is 2.24. The standard InChI is InChI=1S/C49H54N2O6/c1-8-38-11-17-41(18-12-38)50(44-25-31-48(32-26-44)56-36(5)53-9-2)42-19-13-39(14-20-42)40-15-21-43(22-16-40)51(45-23-29-47(30-24-45)55-35(4)52-7)46-27-33-49(34-28-46)57-37(6)54-10-3/h11-37H,8-10H2,1-7H3. The van der Waals surface area contributed by atoms with E-state index in [2.05, 4.69) is 126 Å². The second-order valence-electron chi connectivity index (χ2n) is 13.5. The summed E-state index contributed by atoms with van der Waals surface area (Å²) in [6.45, 7) is 12.9. The van der Waals surface area contributed by atoms with E-state index in [4.69, 9.17) is 28.4 Å². The zero-order valence-electron chi connectivity index (χ0n) is 34.1. The zero-order valence-corrected chi connectivity index (χ0v) is 34.1. The minimum absolute atomic E-state index is 0.318. The molecule has 0 aromatic heterocycles. The predicted octanol–water partition coefficient (Wildman–Crippen LogP) is 12.7. The number of benzene rings is 6. The van der Waals surface area contributed by atoms with Crippen LogP contribution in [-0.4, -0.2) is 39.2 Å². The molecule has 0 aliphatic carbocycles. The molecule has 0 aliphatic rings. The van der Waals surface area contributed by atoms with Crippen LogP contribution in [0.5, 0.6) is 17.2 Å². The van der Waals surface area contributed by atoms with E-state index in [0.717, 1.165) is 68.9 Å². The Hall–Kier alpha value is -5.80. The van der Waals surface area contributed by atoms with Crippen molar-refractivity contribution >= 4 is 34.1 Å². The van der Waals surface area contributed by atoms with Crippen molar-refractivity contribution in [2.24, 2.45) is 0 Å². The lowest BCUT2D eigenvalue weighted by Gasteiger charge is -2.27. The van der Waals surface area contributed by atoms with Gasteiger partial charge in [-0.1, -0.05) is 43.3 Å². The van der Waals surface area contributed by atoms with E-state index < -0.39 is 0 Å². The minimum atomic E-state index is -0.350. The highest BCUT2D eigenvalue weighted by Crippen LogP contribution is 2.39. The summed E-state index contributed by atoms with van der Waals surface area (Å²) in [5.41, 5.74) is 9.67. The van der Waals surface area contributed by atoms with Gasteiger partial charge in [0.1, 0.15) is 17.2 Å². The normalized spacial score (nSPS) is 12.7. The van der Waals surface area contributed by atoms with Crippen molar-refractivity contribution < 1.29 is 28.4 Å². The second kappa shape index (κ2) is 19.9. The molecule has 6 aromatic rings. The molecule has 0 N–H and O–H groups in total. The average molecular weight is 767 g/mol. The van der Waals surface area contributed by atoms with Gasteiger partial charge in [0, 0.05) is 54.4 Å². The molecule has 0 spiro atoms. The largest absolute Gasteiger partial charge is 0.465 e. The SMILES string of the molecule is CCOC(C)Oc1ccc(N(c2ccc(CC)cc2)c2ccc(-c3ccc(N(c4ccc(OC(C)OC)cc4)c4ccc(OC(C)OCC)cc4)cc3)cc2)cc1. The van der Waals surface area contributed by atoms with Gasteiger partial charge in [-0.25, -0.2) is 0 Å². The zero-order chi connectivity index (χ0) is 40.1. The fraction of sp³-hybridized carbons (Fsp3) is 0.265. The highest BCUT2D eigenvalue weighted by atomic mass is 16.7. The van der Waals surface area contributed by atoms with Gasteiger partial charge in [-0.15, -0.1) is 0 Å². The molecule has 6 aromatic carbocycles. The molecule has 0 radical (unpaired) electrons. The van der Waals surface area contributed by atoms with Gasteiger partial charge in [0.05, 0.1) is 0 Å². The summed E-state index contributed by atoms with van der Waals surface area (Å²) in [7, 11) is 1.63. The molecule has 0 fully saturated rings. The number of aryl methyl sites for hydroxylation is 1. The van der Waals surface area contributed by atoms with Crippen LogP contribution in [-0.2, 0) is 20.6 Å². The van der Waals surface area contributed by atoms with Gasteiger partial charge in [-0.05, 0) is 167 Å². The van der Waals surface area contributed by atoms with Crippen LogP contribution < -0.4 is 24.0 Å². The number of anilines is 6. The van der Waals surface area contributed by atoms with Crippen molar-refractivity contribution in [3.05, 3.63) is 151 Å². The van der Waals surface area contributed by atoms with E-state index in [0.29, 0.717) is 13.2 Å². The van der Waals surface area contributed by atoms with Crippen molar-refractivity contribution in [1.29, 1.82) is 0 Å². The average Bonchev–Trinajstić information content (AvgIpc) is 3.24. The number of hydrogen-bond donors (Lipinski definition) is 0. The fourth-order valence-corrected chi connectivity index (χ4v) is 6.56. The molecule has 0 saturated heterocycles. The quantitative estimate of drug-likeness (QED) is 0.0755. The smallest absolute Gasteiger partial charge is 0.196 e. The first-order chi connectivity index (χ1) is 27.8. The third-order valence-electron chi connectivity index (χ3n) is 9.51. The summed E-state index contributed by atoms with van der Waals surface area (Å²) < 4.78 is 34.2.